The number of alkyl halides is 1. The van der Waals surface area contributed by atoms with E-state index in [-0.39, 0.29) is 10.6 Å². The fourth-order valence-corrected chi connectivity index (χ4v) is 5.93. The Morgan fingerprint density at radius 3 is 2.67 bits per heavy atom. The van der Waals surface area contributed by atoms with Crippen LogP contribution in [0.25, 0.3) is 0 Å². The van der Waals surface area contributed by atoms with Gasteiger partial charge in [0.15, 0.2) is 0 Å². The molecule has 0 heterocycles. The largest absolute Gasteiger partial charge is 0.282 e. The van der Waals surface area contributed by atoms with Crippen LogP contribution in [0.3, 0.4) is 0 Å². The molecule has 5 heteroatoms. The first-order valence-electron chi connectivity index (χ1n) is 6.21. The average Bonchev–Trinajstić information content (AvgIpc) is 2.93. The van der Waals surface area contributed by atoms with E-state index in [0.717, 1.165) is 16.7 Å². The van der Waals surface area contributed by atoms with E-state index in [1.165, 1.54) is 19.3 Å². The van der Waals surface area contributed by atoms with Crippen LogP contribution in [0.5, 0.6) is 0 Å². The minimum atomic E-state index is -0.279. The van der Waals surface area contributed by atoms with Crippen molar-refractivity contribution in [2.75, 3.05) is 0 Å². The Balaban J connectivity index is 1.83. The first-order chi connectivity index (χ1) is 8.66. The lowest BCUT2D eigenvalue weighted by molar-refractivity contribution is -0.387. The SMILES string of the molecule is O=[N+]([O-])c1ccccc1S[C@@H]1[C@H]2CC[C@@H](C2)[C@H]1Br. The van der Waals surface area contributed by atoms with Crippen LogP contribution in [0, 0.1) is 22.0 Å². The summed E-state index contributed by atoms with van der Waals surface area (Å²) in [6, 6.07) is 7.08. The van der Waals surface area contributed by atoms with Crippen LogP contribution in [0.1, 0.15) is 19.3 Å². The summed E-state index contributed by atoms with van der Waals surface area (Å²) in [7, 11) is 0. The molecule has 2 saturated carbocycles. The first kappa shape index (κ1) is 12.5. The number of benzene rings is 1. The van der Waals surface area contributed by atoms with E-state index in [4.69, 9.17) is 0 Å². The van der Waals surface area contributed by atoms with E-state index in [2.05, 4.69) is 15.9 Å². The normalized spacial score (nSPS) is 33.8. The number of halogens is 1. The summed E-state index contributed by atoms with van der Waals surface area (Å²) in [5, 5.41) is 11.5. The molecule has 4 atom stereocenters. The quantitative estimate of drug-likeness (QED) is 0.473. The van der Waals surface area contributed by atoms with E-state index in [9.17, 15) is 10.1 Å². The van der Waals surface area contributed by atoms with Gasteiger partial charge in [-0.05, 0) is 37.2 Å². The predicted octanol–water partition coefficient (Wildman–Crippen LogP) is 4.25. The minimum absolute atomic E-state index is 0.241. The van der Waals surface area contributed by atoms with Crippen LogP contribution in [-0.2, 0) is 0 Å². The highest BCUT2D eigenvalue weighted by Crippen LogP contribution is 2.54. The van der Waals surface area contributed by atoms with Gasteiger partial charge >= 0.3 is 0 Å². The zero-order chi connectivity index (χ0) is 12.7. The molecule has 0 amide bonds. The Labute approximate surface area is 119 Å². The van der Waals surface area contributed by atoms with E-state index in [0.29, 0.717) is 10.1 Å². The number of rotatable bonds is 3. The maximum atomic E-state index is 11.0. The van der Waals surface area contributed by atoms with Gasteiger partial charge in [-0.2, -0.15) is 0 Å². The van der Waals surface area contributed by atoms with Crippen LogP contribution in [-0.4, -0.2) is 15.0 Å². The third kappa shape index (κ3) is 2.07. The molecule has 0 spiro atoms. The highest BCUT2D eigenvalue weighted by atomic mass is 79.9. The Morgan fingerprint density at radius 1 is 1.28 bits per heavy atom. The number of nitro benzene ring substituents is 1. The van der Waals surface area contributed by atoms with Crippen molar-refractivity contribution >= 4 is 33.4 Å². The van der Waals surface area contributed by atoms with Gasteiger partial charge in [-0.1, -0.05) is 28.1 Å². The number of hydrogen-bond donors (Lipinski definition) is 0. The van der Waals surface area contributed by atoms with Crippen LogP contribution in [0.4, 0.5) is 5.69 Å². The van der Waals surface area contributed by atoms with Gasteiger partial charge in [0.2, 0.25) is 0 Å². The molecule has 0 aromatic heterocycles. The highest BCUT2D eigenvalue weighted by molar-refractivity contribution is 9.09. The highest BCUT2D eigenvalue weighted by Gasteiger charge is 2.47. The van der Waals surface area contributed by atoms with Gasteiger partial charge in [0.05, 0.1) is 9.82 Å². The maximum absolute atomic E-state index is 11.0. The molecule has 0 saturated heterocycles. The Hall–Kier alpha value is -0.550. The van der Waals surface area contributed by atoms with E-state index >= 15 is 0 Å². The number of nitrogens with zero attached hydrogens (tertiary/aromatic N) is 1. The fourth-order valence-electron chi connectivity index (χ4n) is 3.18. The zero-order valence-electron chi connectivity index (χ0n) is 9.79. The van der Waals surface area contributed by atoms with Crippen molar-refractivity contribution in [1.82, 2.24) is 0 Å². The van der Waals surface area contributed by atoms with Crippen LogP contribution in [0.2, 0.25) is 0 Å². The molecule has 96 valence electrons. The van der Waals surface area contributed by atoms with Crippen molar-refractivity contribution in [2.24, 2.45) is 11.8 Å². The molecule has 18 heavy (non-hydrogen) atoms. The third-order valence-electron chi connectivity index (χ3n) is 4.07. The molecule has 0 aliphatic heterocycles. The lowest BCUT2D eigenvalue weighted by Crippen LogP contribution is -2.24. The van der Waals surface area contributed by atoms with Crippen LogP contribution >= 0.6 is 27.7 Å². The van der Waals surface area contributed by atoms with Gasteiger partial charge in [-0.3, -0.25) is 10.1 Å². The van der Waals surface area contributed by atoms with Gasteiger partial charge in [0, 0.05) is 16.1 Å². The minimum Gasteiger partial charge on any atom is -0.258 e. The second kappa shape index (κ2) is 4.85. The lowest BCUT2D eigenvalue weighted by atomic mass is 10.0. The summed E-state index contributed by atoms with van der Waals surface area (Å²) in [5.41, 5.74) is 0.241. The summed E-state index contributed by atoms with van der Waals surface area (Å²) in [4.78, 5) is 12.1. The number of para-hydroxylation sites is 1. The number of thioether (sulfide) groups is 1. The van der Waals surface area contributed by atoms with Crippen molar-refractivity contribution in [2.45, 2.75) is 34.2 Å². The first-order valence-corrected chi connectivity index (χ1v) is 8.00. The molecule has 3 rings (SSSR count). The van der Waals surface area contributed by atoms with E-state index < -0.39 is 0 Å². The molecule has 1 aromatic rings. The van der Waals surface area contributed by atoms with Crippen LogP contribution in [0.15, 0.2) is 29.2 Å². The topological polar surface area (TPSA) is 43.1 Å². The molecule has 0 unspecified atom stereocenters. The van der Waals surface area contributed by atoms with Gasteiger partial charge in [-0.15, -0.1) is 11.8 Å². The van der Waals surface area contributed by atoms with Crippen molar-refractivity contribution in [1.29, 1.82) is 0 Å². The summed E-state index contributed by atoms with van der Waals surface area (Å²) in [6.45, 7) is 0. The standard InChI is InChI=1S/C13H14BrNO2S/c14-12-8-5-6-9(7-8)13(12)18-11-4-2-1-3-10(11)15(16)17/h1-4,8-9,12-13H,5-7H2/t8-,9-,12+,13+/m0/s1. The summed E-state index contributed by atoms with van der Waals surface area (Å²) in [6.07, 6.45) is 3.88. The van der Waals surface area contributed by atoms with Crippen molar-refractivity contribution in [3.8, 4) is 0 Å². The second-order valence-electron chi connectivity index (χ2n) is 5.08. The third-order valence-corrected chi connectivity index (χ3v) is 7.28. The van der Waals surface area contributed by atoms with E-state index in [1.807, 2.05) is 12.1 Å². The number of nitro groups is 1. The molecule has 3 nitrogen and oxygen atoms in total. The Kier molecular flexibility index (Phi) is 3.36. The monoisotopic (exact) mass is 327 g/mol. The van der Waals surface area contributed by atoms with Gasteiger partial charge in [0.1, 0.15) is 0 Å². The van der Waals surface area contributed by atoms with Crippen molar-refractivity contribution < 1.29 is 4.92 Å². The molecule has 2 aliphatic carbocycles. The predicted molar refractivity (Wildman–Crippen MR) is 76.3 cm³/mol. The molecular weight excluding hydrogens is 314 g/mol. The fraction of sp³-hybridized carbons (Fsp3) is 0.538. The van der Waals surface area contributed by atoms with Gasteiger partial charge < -0.3 is 0 Å². The molecule has 2 bridgehead atoms. The average molecular weight is 328 g/mol. The zero-order valence-corrected chi connectivity index (χ0v) is 12.2. The summed E-state index contributed by atoms with van der Waals surface area (Å²) < 4.78 is 0. The van der Waals surface area contributed by atoms with Gasteiger partial charge in [-0.25, -0.2) is 0 Å². The molecule has 2 fully saturated rings. The number of hydrogen-bond acceptors (Lipinski definition) is 3. The number of fused-ring (bicyclic) bond motifs is 2. The van der Waals surface area contributed by atoms with E-state index in [1.54, 1.807) is 23.9 Å². The molecule has 1 aromatic carbocycles. The Morgan fingerprint density at radius 2 is 2.00 bits per heavy atom. The van der Waals surface area contributed by atoms with Crippen LogP contribution < -0.4 is 0 Å². The van der Waals surface area contributed by atoms with Crippen molar-refractivity contribution in [3.63, 3.8) is 0 Å². The molecular formula is C13H14BrNO2S. The second-order valence-corrected chi connectivity index (χ2v) is 7.36. The molecule has 2 aliphatic rings. The molecule has 0 radical (unpaired) electrons. The maximum Gasteiger partial charge on any atom is 0.282 e. The smallest absolute Gasteiger partial charge is 0.258 e. The Bertz CT molecular complexity index is 480. The summed E-state index contributed by atoms with van der Waals surface area (Å²) in [5.74, 6) is 1.50. The van der Waals surface area contributed by atoms with Crippen molar-refractivity contribution in [3.05, 3.63) is 34.4 Å². The summed E-state index contributed by atoms with van der Waals surface area (Å²) >= 11 is 5.48. The molecule has 0 N–H and O–H groups in total. The lowest BCUT2D eigenvalue weighted by Gasteiger charge is -2.26. The van der Waals surface area contributed by atoms with Gasteiger partial charge in [0.25, 0.3) is 5.69 Å².